The smallest absolute Gasteiger partial charge is 0.323 e. The van der Waals surface area contributed by atoms with Gasteiger partial charge in [-0.2, -0.15) is 0 Å². The van der Waals surface area contributed by atoms with Crippen molar-refractivity contribution < 1.29 is 9.90 Å². The number of nitrogens with zero attached hydrogens (tertiary/aromatic N) is 1. The van der Waals surface area contributed by atoms with Crippen molar-refractivity contribution in [2.45, 2.75) is 71.5 Å². The number of hydrogen-bond donors (Lipinski definition) is 2. The first-order chi connectivity index (χ1) is 8.74. The molecule has 112 valence electrons. The van der Waals surface area contributed by atoms with E-state index in [1.165, 1.54) is 0 Å². The minimum Gasteiger partial charge on any atom is -0.480 e. The summed E-state index contributed by atoms with van der Waals surface area (Å²) in [6.45, 7) is 12.4. The number of carbonyl (C=O) groups is 1. The van der Waals surface area contributed by atoms with E-state index in [0.717, 1.165) is 25.9 Å². The maximum Gasteiger partial charge on any atom is 0.323 e. The highest BCUT2D eigenvalue weighted by molar-refractivity contribution is 5.78. The van der Waals surface area contributed by atoms with Gasteiger partial charge in [0.25, 0.3) is 0 Å². The van der Waals surface area contributed by atoms with Crippen molar-refractivity contribution in [3.05, 3.63) is 0 Å². The molecule has 0 spiro atoms. The molecule has 1 aliphatic carbocycles. The number of carboxylic acid groups (broad SMARTS) is 1. The lowest BCUT2D eigenvalue weighted by molar-refractivity contribution is -0.144. The van der Waals surface area contributed by atoms with E-state index >= 15 is 0 Å². The SMILES string of the molecule is CC(C)CN(CCC(C)(NC1CC1)C(=O)O)C(C)C. The van der Waals surface area contributed by atoms with Crippen LogP contribution < -0.4 is 5.32 Å². The van der Waals surface area contributed by atoms with Crippen molar-refractivity contribution in [1.82, 2.24) is 10.2 Å². The molecule has 1 unspecified atom stereocenters. The second kappa shape index (κ2) is 6.71. The molecule has 1 aliphatic rings. The summed E-state index contributed by atoms with van der Waals surface area (Å²) in [5.74, 6) is -0.123. The highest BCUT2D eigenvalue weighted by atomic mass is 16.4. The Balaban J connectivity index is 2.55. The molecule has 0 aromatic carbocycles. The third-order valence-corrected chi connectivity index (χ3v) is 3.80. The molecule has 2 N–H and O–H groups in total. The minimum atomic E-state index is -0.786. The van der Waals surface area contributed by atoms with Gasteiger partial charge in [0.05, 0.1) is 0 Å². The molecule has 0 aromatic heterocycles. The molecule has 4 nitrogen and oxygen atoms in total. The van der Waals surface area contributed by atoms with Crippen molar-refractivity contribution in [2.75, 3.05) is 13.1 Å². The maximum atomic E-state index is 11.5. The Bertz CT molecular complexity index is 301. The Labute approximate surface area is 117 Å². The maximum absolute atomic E-state index is 11.5. The number of aliphatic carboxylic acids is 1. The summed E-state index contributed by atoms with van der Waals surface area (Å²) in [7, 11) is 0. The van der Waals surface area contributed by atoms with Gasteiger partial charge in [0.1, 0.15) is 5.54 Å². The fourth-order valence-electron chi connectivity index (χ4n) is 2.32. The Morgan fingerprint density at radius 3 is 2.32 bits per heavy atom. The minimum absolute atomic E-state index is 0.415. The Kier molecular flexibility index (Phi) is 5.81. The van der Waals surface area contributed by atoms with Gasteiger partial charge in [-0.3, -0.25) is 10.1 Å². The second-order valence-corrected chi connectivity index (χ2v) is 6.79. The number of hydrogen-bond acceptors (Lipinski definition) is 3. The van der Waals surface area contributed by atoms with Crippen molar-refractivity contribution in [3.63, 3.8) is 0 Å². The third kappa shape index (κ3) is 5.49. The van der Waals surface area contributed by atoms with Crippen molar-refractivity contribution in [3.8, 4) is 0 Å². The van der Waals surface area contributed by atoms with E-state index in [2.05, 4.69) is 37.9 Å². The van der Waals surface area contributed by atoms with Crippen LogP contribution in [0, 0.1) is 5.92 Å². The second-order valence-electron chi connectivity index (χ2n) is 6.79. The molecule has 1 saturated carbocycles. The fraction of sp³-hybridized carbons (Fsp3) is 0.933. The van der Waals surface area contributed by atoms with Gasteiger partial charge in [-0.05, 0) is 46.0 Å². The van der Waals surface area contributed by atoms with E-state index in [1.54, 1.807) is 0 Å². The molecule has 0 aromatic rings. The van der Waals surface area contributed by atoms with E-state index in [-0.39, 0.29) is 0 Å². The lowest BCUT2D eigenvalue weighted by Crippen LogP contribution is -2.53. The van der Waals surface area contributed by atoms with E-state index in [1.807, 2.05) is 6.92 Å². The Morgan fingerprint density at radius 2 is 1.95 bits per heavy atom. The molecule has 19 heavy (non-hydrogen) atoms. The fourth-order valence-corrected chi connectivity index (χ4v) is 2.32. The molecule has 0 bridgehead atoms. The summed E-state index contributed by atoms with van der Waals surface area (Å²) in [6, 6.07) is 0.875. The summed E-state index contributed by atoms with van der Waals surface area (Å²) < 4.78 is 0. The van der Waals surface area contributed by atoms with Gasteiger partial charge in [-0.25, -0.2) is 0 Å². The van der Waals surface area contributed by atoms with Gasteiger partial charge in [0.2, 0.25) is 0 Å². The normalized spacial score (nSPS) is 19.2. The van der Waals surface area contributed by atoms with Crippen LogP contribution in [0.3, 0.4) is 0 Å². The average molecular weight is 270 g/mol. The molecule has 0 amide bonds. The lowest BCUT2D eigenvalue weighted by Gasteiger charge is -2.33. The molecule has 0 saturated heterocycles. The molecule has 1 rings (SSSR count). The molecular formula is C15H30N2O2. The van der Waals surface area contributed by atoms with Crippen LogP contribution in [0.5, 0.6) is 0 Å². The number of rotatable bonds is 9. The van der Waals surface area contributed by atoms with Gasteiger partial charge < -0.3 is 10.0 Å². The lowest BCUT2D eigenvalue weighted by atomic mass is 9.96. The summed E-state index contributed by atoms with van der Waals surface area (Å²) in [4.78, 5) is 13.9. The number of nitrogens with one attached hydrogen (secondary N) is 1. The molecule has 1 atom stereocenters. The van der Waals surface area contributed by atoms with E-state index < -0.39 is 11.5 Å². The summed E-state index contributed by atoms with van der Waals surface area (Å²) in [5, 5.41) is 12.7. The van der Waals surface area contributed by atoms with Gasteiger partial charge >= 0.3 is 5.97 Å². The molecule has 4 heteroatoms. The average Bonchev–Trinajstić information content (AvgIpc) is 3.06. The first-order valence-corrected chi connectivity index (χ1v) is 7.49. The predicted octanol–water partition coefficient (Wildman–Crippen LogP) is 2.34. The quantitative estimate of drug-likeness (QED) is 0.675. The van der Waals surface area contributed by atoms with Crippen LogP contribution >= 0.6 is 0 Å². The Morgan fingerprint density at radius 1 is 1.37 bits per heavy atom. The van der Waals surface area contributed by atoms with Gasteiger partial charge in [0, 0.05) is 25.2 Å². The monoisotopic (exact) mass is 270 g/mol. The Hall–Kier alpha value is -0.610. The zero-order chi connectivity index (χ0) is 14.6. The van der Waals surface area contributed by atoms with Crippen LogP contribution in [-0.4, -0.2) is 46.7 Å². The standard InChI is InChI=1S/C15H30N2O2/c1-11(2)10-17(12(3)4)9-8-15(5,14(18)19)16-13-6-7-13/h11-13,16H,6-10H2,1-5H3,(H,18,19). The van der Waals surface area contributed by atoms with Crippen LogP contribution in [0.15, 0.2) is 0 Å². The topological polar surface area (TPSA) is 52.6 Å². The van der Waals surface area contributed by atoms with Gasteiger partial charge in [0.15, 0.2) is 0 Å². The molecule has 0 heterocycles. The molecule has 0 radical (unpaired) electrons. The third-order valence-electron chi connectivity index (χ3n) is 3.80. The molecular weight excluding hydrogens is 240 g/mol. The van der Waals surface area contributed by atoms with Crippen molar-refractivity contribution in [2.24, 2.45) is 5.92 Å². The first kappa shape index (κ1) is 16.4. The van der Waals surface area contributed by atoms with Gasteiger partial charge in [-0.15, -0.1) is 0 Å². The zero-order valence-corrected chi connectivity index (χ0v) is 13.1. The van der Waals surface area contributed by atoms with Crippen LogP contribution in [0.4, 0.5) is 0 Å². The first-order valence-electron chi connectivity index (χ1n) is 7.49. The predicted molar refractivity (Wildman–Crippen MR) is 78.4 cm³/mol. The van der Waals surface area contributed by atoms with Gasteiger partial charge in [-0.1, -0.05) is 13.8 Å². The summed E-state index contributed by atoms with van der Waals surface area (Å²) in [6.07, 6.45) is 2.88. The highest BCUT2D eigenvalue weighted by Crippen LogP contribution is 2.24. The molecule has 1 fully saturated rings. The summed E-state index contributed by atoms with van der Waals surface area (Å²) >= 11 is 0. The molecule has 0 aliphatic heterocycles. The zero-order valence-electron chi connectivity index (χ0n) is 13.1. The van der Waals surface area contributed by atoms with E-state index in [4.69, 9.17) is 0 Å². The van der Waals surface area contributed by atoms with Crippen LogP contribution in [0.25, 0.3) is 0 Å². The van der Waals surface area contributed by atoms with E-state index in [0.29, 0.717) is 24.4 Å². The van der Waals surface area contributed by atoms with E-state index in [9.17, 15) is 9.90 Å². The number of carboxylic acids is 1. The van der Waals surface area contributed by atoms with Crippen molar-refractivity contribution in [1.29, 1.82) is 0 Å². The summed E-state index contributed by atoms with van der Waals surface area (Å²) in [5.41, 5.74) is -0.786. The van der Waals surface area contributed by atoms with Crippen LogP contribution in [0.1, 0.15) is 53.9 Å². The van der Waals surface area contributed by atoms with Crippen LogP contribution in [-0.2, 0) is 4.79 Å². The highest BCUT2D eigenvalue weighted by Gasteiger charge is 2.38. The largest absolute Gasteiger partial charge is 0.480 e. The van der Waals surface area contributed by atoms with Crippen molar-refractivity contribution >= 4 is 5.97 Å². The van der Waals surface area contributed by atoms with Crippen LogP contribution in [0.2, 0.25) is 0 Å².